The van der Waals surface area contributed by atoms with E-state index in [4.69, 9.17) is 0 Å². The molecule has 0 unspecified atom stereocenters. The Bertz CT molecular complexity index is 932. The van der Waals surface area contributed by atoms with Crippen LogP contribution in [0.3, 0.4) is 0 Å². The van der Waals surface area contributed by atoms with Gasteiger partial charge in [-0.2, -0.15) is 0 Å². The van der Waals surface area contributed by atoms with Crippen molar-refractivity contribution in [3.05, 3.63) is 72.1 Å². The molecule has 3 aromatic rings. The summed E-state index contributed by atoms with van der Waals surface area (Å²) >= 11 is 0. The number of amides is 2. The number of fused-ring (bicyclic) bond motifs is 1. The SMILES string of the molecule is CCCC(=O)Nc1cccc(CNC(=O)c2nccc3ccccc23)c1. The van der Waals surface area contributed by atoms with E-state index in [0.29, 0.717) is 18.7 Å². The maximum atomic E-state index is 12.5. The number of pyridine rings is 1. The quantitative estimate of drug-likeness (QED) is 0.710. The zero-order valence-electron chi connectivity index (χ0n) is 14.7. The Morgan fingerprint density at radius 3 is 2.73 bits per heavy atom. The van der Waals surface area contributed by atoms with Crippen molar-refractivity contribution in [3.8, 4) is 0 Å². The van der Waals surface area contributed by atoms with Gasteiger partial charge in [-0.25, -0.2) is 0 Å². The van der Waals surface area contributed by atoms with Gasteiger partial charge in [-0.05, 0) is 35.6 Å². The van der Waals surface area contributed by atoms with Crippen LogP contribution in [0.15, 0.2) is 60.8 Å². The summed E-state index contributed by atoms with van der Waals surface area (Å²) in [7, 11) is 0. The van der Waals surface area contributed by atoms with Crippen LogP contribution in [0.25, 0.3) is 10.8 Å². The molecule has 0 saturated carbocycles. The summed E-state index contributed by atoms with van der Waals surface area (Å²) in [6, 6.07) is 17.0. The van der Waals surface area contributed by atoms with Crippen molar-refractivity contribution in [2.45, 2.75) is 26.3 Å². The van der Waals surface area contributed by atoms with E-state index in [-0.39, 0.29) is 11.8 Å². The van der Waals surface area contributed by atoms with Crippen molar-refractivity contribution in [2.24, 2.45) is 0 Å². The van der Waals surface area contributed by atoms with Gasteiger partial charge in [0.1, 0.15) is 5.69 Å². The molecule has 132 valence electrons. The Morgan fingerprint density at radius 1 is 1.04 bits per heavy atom. The van der Waals surface area contributed by atoms with Crippen LogP contribution in [0, 0.1) is 0 Å². The molecule has 5 heteroatoms. The van der Waals surface area contributed by atoms with Gasteiger partial charge in [-0.15, -0.1) is 0 Å². The van der Waals surface area contributed by atoms with Crippen molar-refractivity contribution in [1.82, 2.24) is 10.3 Å². The van der Waals surface area contributed by atoms with Gasteiger partial charge < -0.3 is 10.6 Å². The van der Waals surface area contributed by atoms with Crippen LogP contribution in [-0.2, 0) is 11.3 Å². The molecule has 26 heavy (non-hydrogen) atoms. The highest BCUT2D eigenvalue weighted by Crippen LogP contribution is 2.16. The molecule has 2 aromatic carbocycles. The summed E-state index contributed by atoms with van der Waals surface area (Å²) in [6.45, 7) is 2.33. The molecular weight excluding hydrogens is 326 g/mol. The first-order valence-electron chi connectivity index (χ1n) is 8.68. The number of aromatic nitrogens is 1. The number of nitrogens with zero attached hydrogens (tertiary/aromatic N) is 1. The predicted octanol–water partition coefficient (Wildman–Crippen LogP) is 3.90. The average Bonchev–Trinajstić information content (AvgIpc) is 2.66. The first kappa shape index (κ1) is 17.6. The second-order valence-electron chi connectivity index (χ2n) is 6.06. The Balaban J connectivity index is 1.69. The molecule has 1 aromatic heterocycles. The molecule has 5 nitrogen and oxygen atoms in total. The monoisotopic (exact) mass is 347 g/mol. The molecule has 2 N–H and O–H groups in total. The van der Waals surface area contributed by atoms with Crippen molar-refractivity contribution in [2.75, 3.05) is 5.32 Å². The molecule has 3 rings (SSSR count). The van der Waals surface area contributed by atoms with Gasteiger partial charge in [0.15, 0.2) is 0 Å². The van der Waals surface area contributed by atoms with E-state index in [0.717, 1.165) is 28.4 Å². The number of carbonyl (C=O) groups is 2. The lowest BCUT2D eigenvalue weighted by Gasteiger charge is -2.09. The maximum Gasteiger partial charge on any atom is 0.270 e. The van der Waals surface area contributed by atoms with Crippen molar-refractivity contribution < 1.29 is 9.59 Å². The number of rotatable bonds is 6. The van der Waals surface area contributed by atoms with Crippen molar-refractivity contribution in [3.63, 3.8) is 0 Å². The molecule has 0 atom stereocenters. The van der Waals surface area contributed by atoms with Gasteiger partial charge >= 0.3 is 0 Å². The zero-order valence-corrected chi connectivity index (χ0v) is 14.7. The van der Waals surface area contributed by atoms with Crippen LogP contribution < -0.4 is 10.6 Å². The molecule has 0 fully saturated rings. The number of nitrogens with one attached hydrogen (secondary N) is 2. The summed E-state index contributed by atoms with van der Waals surface area (Å²) in [5.41, 5.74) is 2.06. The molecular formula is C21H21N3O2. The Labute approximate surface area is 152 Å². The van der Waals surface area contributed by atoms with E-state index in [1.54, 1.807) is 6.20 Å². The second kappa shape index (κ2) is 8.25. The molecule has 0 radical (unpaired) electrons. The minimum absolute atomic E-state index is 0.00589. The molecule has 0 aliphatic rings. The number of carbonyl (C=O) groups excluding carboxylic acids is 2. The Kier molecular flexibility index (Phi) is 5.59. The molecule has 0 aliphatic heterocycles. The molecule has 0 spiro atoms. The fraction of sp³-hybridized carbons (Fsp3) is 0.190. The highest BCUT2D eigenvalue weighted by Gasteiger charge is 2.11. The van der Waals surface area contributed by atoms with Gasteiger partial charge in [0, 0.05) is 30.2 Å². The summed E-state index contributed by atoms with van der Waals surface area (Å²) in [6.07, 6.45) is 2.94. The summed E-state index contributed by atoms with van der Waals surface area (Å²) in [4.78, 5) is 28.5. The lowest BCUT2D eigenvalue weighted by Crippen LogP contribution is -2.24. The largest absolute Gasteiger partial charge is 0.347 e. The standard InChI is InChI=1S/C21H21N3O2/c1-2-6-19(25)24-17-9-5-7-15(13-17)14-23-21(26)20-18-10-4-3-8-16(18)11-12-22-20/h3-5,7-13H,2,6,14H2,1H3,(H,23,26)(H,24,25). The van der Waals surface area contributed by atoms with Crippen LogP contribution in [0.1, 0.15) is 35.8 Å². The minimum Gasteiger partial charge on any atom is -0.347 e. The van der Waals surface area contributed by atoms with E-state index < -0.39 is 0 Å². The lowest BCUT2D eigenvalue weighted by molar-refractivity contribution is -0.116. The normalized spacial score (nSPS) is 10.5. The summed E-state index contributed by atoms with van der Waals surface area (Å²) in [5, 5.41) is 7.57. The van der Waals surface area contributed by atoms with E-state index in [9.17, 15) is 9.59 Å². The van der Waals surface area contributed by atoms with Crippen LogP contribution in [0.4, 0.5) is 5.69 Å². The summed E-state index contributed by atoms with van der Waals surface area (Å²) in [5.74, 6) is -0.226. The number of hydrogen-bond donors (Lipinski definition) is 2. The number of benzene rings is 2. The second-order valence-corrected chi connectivity index (χ2v) is 6.06. The van der Waals surface area contributed by atoms with Crippen molar-refractivity contribution >= 4 is 28.3 Å². The summed E-state index contributed by atoms with van der Waals surface area (Å²) < 4.78 is 0. The number of hydrogen-bond acceptors (Lipinski definition) is 3. The third-order valence-electron chi connectivity index (χ3n) is 4.03. The lowest BCUT2D eigenvalue weighted by atomic mass is 10.1. The third kappa shape index (κ3) is 4.25. The van der Waals surface area contributed by atoms with Gasteiger partial charge in [-0.1, -0.05) is 43.3 Å². The third-order valence-corrected chi connectivity index (χ3v) is 4.03. The highest BCUT2D eigenvalue weighted by atomic mass is 16.2. The van der Waals surface area contributed by atoms with Crippen LogP contribution in [0.5, 0.6) is 0 Å². The predicted molar refractivity (Wildman–Crippen MR) is 103 cm³/mol. The zero-order chi connectivity index (χ0) is 18.4. The molecule has 0 bridgehead atoms. The Morgan fingerprint density at radius 2 is 1.88 bits per heavy atom. The first-order valence-corrected chi connectivity index (χ1v) is 8.68. The van der Waals surface area contributed by atoms with Gasteiger partial charge in [-0.3, -0.25) is 14.6 Å². The molecule has 0 saturated heterocycles. The average molecular weight is 347 g/mol. The van der Waals surface area contributed by atoms with E-state index in [2.05, 4.69) is 15.6 Å². The van der Waals surface area contributed by atoms with E-state index >= 15 is 0 Å². The molecule has 2 amide bonds. The van der Waals surface area contributed by atoms with Crippen molar-refractivity contribution in [1.29, 1.82) is 0 Å². The minimum atomic E-state index is -0.220. The van der Waals surface area contributed by atoms with Gasteiger partial charge in [0.2, 0.25) is 5.91 Å². The van der Waals surface area contributed by atoms with Crippen LogP contribution in [0.2, 0.25) is 0 Å². The smallest absolute Gasteiger partial charge is 0.270 e. The van der Waals surface area contributed by atoms with E-state index in [1.165, 1.54) is 0 Å². The number of anilines is 1. The fourth-order valence-electron chi connectivity index (χ4n) is 2.78. The first-order chi connectivity index (χ1) is 12.7. The topological polar surface area (TPSA) is 71.1 Å². The van der Waals surface area contributed by atoms with Gasteiger partial charge in [0.25, 0.3) is 5.91 Å². The fourth-order valence-corrected chi connectivity index (χ4v) is 2.78. The highest BCUT2D eigenvalue weighted by molar-refractivity contribution is 6.05. The molecule has 1 heterocycles. The maximum absolute atomic E-state index is 12.5. The molecule has 0 aliphatic carbocycles. The van der Waals surface area contributed by atoms with E-state index in [1.807, 2.05) is 61.5 Å². The van der Waals surface area contributed by atoms with Crippen LogP contribution in [-0.4, -0.2) is 16.8 Å². The van der Waals surface area contributed by atoms with Gasteiger partial charge in [0.05, 0.1) is 0 Å². The Hall–Kier alpha value is -3.21. The van der Waals surface area contributed by atoms with Crippen LogP contribution >= 0.6 is 0 Å².